The Morgan fingerprint density at radius 2 is 2.11 bits per heavy atom. The highest BCUT2D eigenvalue weighted by Gasteiger charge is 2.27. The van der Waals surface area contributed by atoms with Crippen molar-refractivity contribution in [1.29, 1.82) is 0 Å². The van der Waals surface area contributed by atoms with Crippen LogP contribution in [0.3, 0.4) is 0 Å². The van der Waals surface area contributed by atoms with Crippen molar-refractivity contribution in [3.8, 4) is 0 Å². The van der Waals surface area contributed by atoms with Crippen molar-refractivity contribution in [2.75, 3.05) is 0 Å². The number of hydrogen-bond donors (Lipinski definition) is 0. The van der Waals surface area contributed by atoms with Crippen LogP contribution in [0, 0.1) is 11.8 Å². The van der Waals surface area contributed by atoms with Crippen molar-refractivity contribution < 1.29 is 0 Å². The molecule has 2 rings (SSSR count). The zero-order valence-electron chi connectivity index (χ0n) is 6.02. The molecule has 48 valence electrons. The summed E-state index contributed by atoms with van der Waals surface area (Å²) in [7, 11) is 0. The van der Waals surface area contributed by atoms with Gasteiger partial charge in [-0.1, -0.05) is 26.0 Å². The van der Waals surface area contributed by atoms with Gasteiger partial charge in [0.05, 0.1) is 0 Å². The summed E-state index contributed by atoms with van der Waals surface area (Å²) in [5.74, 6) is 1.58. The molecule has 0 fully saturated rings. The summed E-state index contributed by atoms with van der Waals surface area (Å²) in [6.07, 6.45) is 6.11. The summed E-state index contributed by atoms with van der Waals surface area (Å²) in [6.45, 7) is 4.56. The van der Waals surface area contributed by atoms with Crippen LogP contribution in [0.1, 0.15) is 20.3 Å². The van der Waals surface area contributed by atoms with Gasteiger partial charge in [0, 0.05) is 0 Å². The van der Waals surface area contributed by atoms with Crippen molar-refractivity contribution in [3.05, 3.63) is 23.3 Å². The van der Waals surface area contributed by atoms with Gasteiger partial charge in [-0.05, 0) is 29.4 Å². The molecule has 2 aliphatic carbocycles. The summed E-state index contributed by atoms with van der Waals surface area (Å²) < 4.78 is 0. The van der Waals surface area contributed by atoms with E-state index in [9.17, 15) is 0 Å². The Morgan fingerprint density at radius 1 is 1.33 bits per heavy atom. The average Bonchev–Trinajstić information content (AvgIpc) is 2.08. The Labute approximate surface area is 56.3 Å². The second-order valence-corrected chi connectivity index (χ2v) is 3.28. The third kappa shape index (κ3) is 0.592. The van der Waals surface area contributed by atoms with E-state index in [1.54, 1.807) is 11.1 Å². The molecule has 9 heavy (non-hydrogen) atoms. The van der Waals surface area contributed by atoms with E-state index < -0.39 is 0 Å². The van der Waals surface area contributed by atoms with Crippen molar-refractivity contribution in [2.45, 2.75) is 20.3 Å². The fraction of sp³-hybridized carbons (Fsp3) is 0.556. The van der Waals surface area contributed by atoms with Crippen LogP contribution in [-0.2, 0) is 0 Å². The SMILES string of the molecule is CC1C=C2C(=CC2C)C1. The van der Waals surface area contributed by atoms with E-state index in [1.165, 1.54) is 6.42 Å². The zero-order valence-corrected chi connectivity index (χ0v) is 6.02. The third-order valence-corrected chi connectivity index (χ3v) is 2.32. The predicted molar refractivity (Wildman–Crippen MR) is 39.1 cm³/mol. The number of allylic oxidation sites excluding steroid dienone is 4. The lowest BCUT2D eigenvalue weighted by atomic mass is 9.84. The number of fused-ring (bicyclic) bond motifs is 1. The van der Waals surface area contributed by atoms with Crippen molar-refractivity contribution in [3.63, 3.8) is 0 Å². The minimum absolute atomic E-state index is 0.768. The van der Waals surface area contributed by atoms with Crippen molar-refractivity contribution in [2.24, 2.45) is 11.8 Å². The largest absolute Gasteiger partial charge is 0.0773 e. The van der Waals surface area contributed by atoms with Crippen LogP contribution >= 0.6 is 0 Å². The maximum atomic E-state index is 2.42. The number of hydrogen-bond acceptors (Lipinski definition) is 0. The first-order chi connectivity index (χ1) is 4.27. The molecule has 0 amide bonds. The third-order valence-electron chi connectivity index (χ3n) is 2.32. The van der Waals surface area contributed by atoms with Gasteiger partial charge in [0.1, 0.15) is 0 Å². The number of rotatable bonds is 0. The van der Waals surface area contributed by atoms with Crippen LogP contribution < -0.4 is 0 Å². The Kier molecular flexibility index (Phi) is 0.879. The molecule has 0 aromatic carbocycles. The monoisotopic (exact) mass is 120 g/mol. The van der Waals surface area contributed by atoms with E-state index in [-0.39, 0.29) is 0 Å². The van der Waals surface area contributed by atoms with Gasteiger partial charge < -0.3 is 0 Å². The van der Waals surface area contributed by atoms with E-state index in [0.29, 0.717) is 0 Å². The molecule has 2 aliphatic rings. The molecular formula is C9H12. The standard InChI is InChI=1S/C9H12/c1-6-3-8-5-7(2)9(8)4-6/h4-7H,3H2,1-2H3. The molecule has 0 saturated carbocycles. The van der Waals surface area contributed by atoms with Gasteiger partial charge >= 0.3 is 0 Å². The summed E-state index contributed by atoms with van der Waals surface area (Å²) in [5, 5.41) is 0. The molecular weight excluding hydrogens is 108 g/mol. The van der Waals surface area contributed by atoms with Crippen LogP contribution in [0.15, 0.2) is 23.3 Å². The molecule has 0 aliphatic heterocycles. The maximum absolute atomic E-state index is 2.42. The molecule has 0 radical (unpaired) electrons. The van der Waals surface area contributed by atoms with Crippen LogP contribution in [0.5, 0.6) is 0 Å². The lowest BCUT2D eigenvalue weighted by Gasteiger charge is -2.21. The molecule has 0 heteroatoms. The molecule has 2 unspecified atom stereocenters. The molecule has 0 aromatic rings. The first-order valence-corrected chi connectivity index (χ1v) is 3.70. The normalized spacial score (nSPS) is 38.9. The van der Waals surface area contributed by atoms with Gasteiger partial charge in [-0.15, -0.1) is 0 Å². The summed E-state index contributed by atoms with van der Waals surface area (Å²) in [4.78, 5) is 0. The Morgan fingerprint density at radius 3 is 2.56 bits per heavy atom. The topological polar surface area (TPSA) is 0 Å². The van der Waals surface area contributed by atoms with Crippen molar-refractivity contribution >= 4 is 0 Å². The molecule has 0 spiro atoms. The van der Waals surface area contributed by atoms with Gasteiger partial charge in [0.2, 0.25) is 0 Å². The van der Waals surface area contributed by atoms with Gasteiger partial charge in [-0.3, -0.25) is 0 Å². The highest BCUT2D eigenvalue weighted by Crippen LogP contribution is 2.42. The van der Waals surface area contributed by atoms with E-state index in [4.69, 9.17) is 0 Å². The van der Waals surface area contributed by atoms with Crippen LogP contribution in [-0.4, -0.2) is 0 Å². The smallest absolute Gasteiger partial charge is 0.000495 e. The second kappa shape index (κ2) is 1.50. The lowest BCUT2D eigenvalue weighted by Crippen LogP contribution is -2.06. The minimum Gasteiger partial charge on any atom is -0.0773 e. The van der Waals surface area contributed by atoms with E-state index >= 15 is 0 Å². The first-order valence-electron chi connectivity index (χ1n) is 3.70. The fourth-order valence-corrected chi connectivity index (χ4v) is 1.84. The van der Waals surface area contributed by atoms with Crippen LogP contribution in [0.2, 0.25) is 0 Å². The Bertz CT molecular complexity index is 196. The van der Waals surface area contributed by atoms with E-state index in [0.717, 1.165) is 11.8 Å². The molecule has 0 N–H and O–H groups in total. The Balaban J connectivity index is 2.32. The lowest BCUT2D eigenvalue weighted by molar-refractivity contribution is 0.736. The average molecular weight is 120 g/mol. The summed E-state index contributed by atoms with van der Waals surface area (Å²) in [5.41, 5.74) is 3.25. The molecule has 0 saturated heterocycles. The molecule has 2 atom stereocenters. The minimum atomic E-state index is 0.768. The summed E-state index contributed by atoms with van der Waals surface area (Å²) >= 11 is 0. The predicted octanol–water partition coefficient (Wildman–Crippen LogP) is 2.53. The highest BCUT2D eigenvalue weighted by molar-refractivity contribution is 5.49. The van der Waals surface area contributed by atoms with Gasteiger partial charge in [0.15, 0.2) is 0 Å². The highest BCUT2D eigenvalue weighted by atomic mass is 14.3. The molecule has 0 bridgehead atoms. The van der Waals surface area contributed by atoms with Gasteiger partial charge in [-0.2, -0.15) is 0 Å². The first kappa shape index (κ1) is 5.28. The maximum Gasteiger partial charge on any atom is -0.000495 e. The van der Waals surface area contributed by atoms with Gasteiger partial charge in [0.25, 0.3) is 0 Å². The zero-order chi connectivity index (χ0) is 6.43. The fourth-order valence-electron chi connectivity index (χ4n) is 1.84. The summed E-state index contributed by atoms with van der Waals surface area (Å²) in [6, 6.07) is 0. The Hall–Kier alpha value is -0.520. The molecule has 0 aromatic heterocycles. The van der Waals surface area contributed by atoms with Crippen molar-refractivity contribution in [1.82, 2.24) is 0 Å². The van der Waals surface area contributed by atoms with Crippen LogP contribution in [0.4, 0.5) is 0 Å². The molecule has 0 nitrogen and oxygen atoms in total. The molecule has 0 heterocycles. The second-order valence-electron chi connectivity index (χ2n) is 3.28. The quantitative estimate of drug-likeness (QED) is 0.461. The van der Waals surface area contributed by atoms with Gasteiger partial charge in [-0.25, -0.2) is 0 Å². The van der Waals surface area contributed by atoms with E-state index in [2.05, 4.69) is 26.0 Å². The van der Waals surface area contributed by atoms with E-state index in [1.807, 2.05) is 0 Å². The van der Waals surface area contributed by atoms with Crippen LogP contribution in [0.25, 0.3) is 0 Å².